The molecule has 0 heterocycles. The van der Waals surface area contributed by atoms with Gasteiger partial charge in [-0.25, -0.2) is 10.9 Å². The SMILES string of the molecule is Cc1c(NC(C(=O)N(N)C(=O)c2ccc([N+](=O)[O-])cc2)C(C)O)ccc(C#N)c1Cl. The number of carbonyl (C=O) groups excluding carboxylic acids is 2. The summed E-state index contributed by atoms with van der Waals surface area (Å²) in [6.07, 6.45) is -1.25. The first-order valence-electron chi connectivity index (χ1n) is 8.59. The van der Waals surface area contributed by atoms with Gasteiger partial charge in [0, 0.05) is 23.4 Å². The molecule has 30 heavy (non-hydrogen) atoms. The average molecular weight is 432 g/mol. The lowest BCUT2D eigenvalue weighted by Crippen LogP contribution is -2.53. The van der Waals surface area contributed by atoms with Crippen molar-refractivity contribution in [2.75, 3.05) is 5.32 Å². The van der Waals surface area contributed by atoms with Crippen molar-refractivity contribution in [1.29, 1.82) is 5.26 Å². The van der Waals surface area contributed by atoms with Crippen molar-refractivity contribution >= 4 is 34.8 Å². The monoisotopic (exact) mass is 431 g/mol. The van der Waals surface area contributed by atoms with E-state index in [0.29, 0.717) is 16.3 Å². The van der Waals surface area contributed by atoms with E-state index in [1.165, 1.54) is 31.2 Å². The number of halogens is 1. The summed E-state index contributed by atoms with van der Waals surface area (Å²) in [7, 11) is 0. The number of carbonyl (C=O) groups is 2. The van der Waals surface area contributed by atoms with Crippen molar-refractivity contribution in [1.82, 2.24) is 5.01 Å². The molecule has 4 N–H and O–H groups in total. The van der Waals surface area contributed by atoms with Gasteiger partial charge in [0.2, 0.25) is 0 Å². The molecule has 0 fully saturated rings. The van der Waals surface area contributed by atoms with Gasteiger partial charge in [0.05, 0.1) is 21.6 Å². The van der Waals surface area contributed by atoms with Crippen LogP contribution in [0, 0.1) is 28.4 Å². The number of nitrogens with zero attached hydrogens (tertiary/aromatic N) is 3. The number of anilines is 1. The van der Waals surface area contributed by atoms with Crippen LogP contribution in [0.1, 0.15) is 28.4 Å². The molecule has 0 aliphatic rings. The second-order valence-corrected chi connectivity index (χ2v) is 6.77. The molecule has 0 bridgehead atoms. The van der Waals surface area contributed by atoms with Gasteiger partial charge in [-0.1, -0.05) is 11.6 Å². The number of nitro groups is 1. The molecule has 2 unspecified atom stereocenters. The summed E-state index contributed by atoms with van der Waals surface area (Å²) >= 11 is 6.12. The molecule has 2 atom stereocenters. The number of nitro benzene ring substituents is 1. The first kappa shape index (κ1) is 22.8. The van der Waals surface area contributed by atoms with E-state index in [2.05, 4.69) is 5.32 Å². The molecule has 0 aliphatic carbocycles. The zero-order valence-electron chi connectivity index (χ0n) is 16.0. The topological polar surface area (TPSA) is 163 Å². The van der Waals surface area contributed by atoms with E-state index in [4.69, 9.17) is 22.7 Å². The maximum Gasteiger partial charge on any atom is 0.274 e. The van der Waals surface area contributed by atoms with Crippen LogP contribution in [0.2, 0.25) is 5.02 Å². The highest BCUT2D eigenvalue weighted by Gasteiger charge is 2.31. The van der Waals surface area contributed by atoms with Crippen molar-refractivity contribution in [3.63, 3.8) is 0 Å². The van der Waals surface area contributed by atoms with Crippen molar-refractivity contribution in [3.05, 3.63) is 68.2 Å². The number of aliphatic hydroxyl groups excluding tert-OH is 1. The molecule has 10 nitrogen and oxygen atoms in total. The number of non-ortho nitro benzene ring substituents is 1. The highest BCUT2D eigenvalue weighted by molar-refractivity contribution is 6.32. The van der Waals surface area contributed by atoms with Gasteiger partial charge in [0.25, 0.3) is 17.5 Å². The Morgan fingerprint density at radius 2 is 1.90 bits per heavy atom. The van der Waals surface area contributed by atoms with E-state index in [-0.39, 0.29) is 21.8 Å². The Balaban J connectivity index is 2.26. The molecule has 0 saturated heterocycles. The van der Waals surface area contributed by atoms with Gasteiger partial charge < -0.3 is 10.4 Å². The van der Waals surface area contributed by atoms with Crippen LogP contribution in [0.25, 0.3) is 0 Å². The minimum Gasteiger partial charge on any atom is -0.391 e. The van der Waals surface area contributed by atoms with Crippen molar-refractivity contribution in [2.45, 2.75) is 26.0 Å². The van der Waals surface area contributed by atoms with E-state index in [9.17, 15) is 24.8 Å². The van der Waals surface area contributed by atoms with E-state index in [1.54, 1.807) is 6.92 Å². The summed E-state index contributed by atoms with van der Waals surface area (Å²) in [5.74, 6) is 3.83. The lowest BCUT2D eigenvalue weighted by molar-refractivity contribution is -0.384. The summed E-state index contributed by atoms with van der Waals surface area (Å²) in [5, 5.41) is 33.1. The largest absolute Gasteiger partial charge is 0.391 e. The minimum atomic E-state index is -1.31. The summed E-state index contributed by atoms with van der Waals surface area (Å²) in [6.45, 7) is 2.96. The maximum atomic E-state index is 12.8. The standard InChI is InChI=1S/C19H18ClN5O5/c1-10-15(8-5-13(9-21)16(10)20)23-17(11(2)26)19(28)24(22)18(27)12-3-6-14(7-4-12)25(29)30/h3-8,11,17,23,26H,22H2,1-2H3. The molecule has 0 aliphatic heterocycles. The molecule has 11 heteroatoms. The fourth-order valence-corrected chi connectivity index (χ4v) is 2.81. The molecular formula is C19H18ClN5O5. The summed E-state index contributed by atoms with van der Waals surface area (Å²) in [6, 6.07) is 8.15. The van der Waals surface area contributed by atoms with Crippen molar-refractivity contribution in [3.8, 4) is 6.07 Å². The van der Waals surface area contributed by atoms with Crippen LogP contribution in [0.3, 0.4) is 0 Å². The molecule has 2 aromatic rings. The molecule has 0 radical (unpaired) electrons. The summed E-state index contributed by atoms with van der Waals surface area (Å²) < 4.78 is 0. The van der Waals surface area contributed by atoms with Crippen LogP contribution in [-0.2, 0) is 4.79 Å². The molecule has 156 valence electrons. The first-order chi connectivity index (χ1) is 14.1. The second kappa shape index (κ2) is 9.32. The number of hydrazine groups is 1. The molecule has 2 rings (SSSR count). The lowest BCUT2D eigenvalue weighted by atomic mass is 10.1. The van der Waals surface area contributed by atoms with Crippen LogP contribution in [0.5, 0.6) is 0 Å². The number of imide groups is 1. The third-order valence-corrected chi connectivity index (χ3v) is 4.83. The number of nitrogens with one attached hydrogen (secondary N) is 1. The zero-order chi connectivity index (χ0) is 22.6. The number of benzene rings is 2. The Bertz CT molecular complexity index is 1030. The molecule has 0 spiro atoms. The lowest BCUT2D eigenvalue weighted by Gasteiger charge is -2.26. The second-order valence-electron chi connectivity index (χ2n) is 6.39. The Morgan fingerprint density at radius 1 is 1.30 bits per heavy atom. The zero-order valence-corrected chi connectivity index (χ0v) is 16.8. The predicted octanol–water partition coefficient (Wildman–Crippen LogP) is 2.13. The number of amides is 2. The quantitative estimate of drug-likeness (QED) is 0.271. The average Bonchev–Trinajstić information content (AvgIpc) is 2.73. The van der Waals surface area contributed by atoms with E-state index < -0.39 is 28.9 Å². The van der Waals surface area contributed by atoms with Gasteiger partial charge >= 0.3 is 0 Å². The number of nitrogens with two attached hydrogens (primary N) is 1. The van der Waals surface area contributed by atoms with Gasteiger partial charge in [0.15, 0.2) is 0 Å². The molecule has 0 saturated carbocycles. The smallest absolute Gasteiger partial charge is 0.274 e. The van der Waals surface area contributed by atoms with E-state index in [0.717, 1.165) is 12.1 Å². The Kier molecular flexibility index (Phi) is 7.07. The number of nitriles is 1. The third-order valence-electron chi connectivity index (χ3n) is 4.35. The van der Waals surface area contributed by atoms with Gasteiger partial charge in [-0.15, -0.1) is 0 Å². The number of hydrogen-bond donors (Lipinski definition) is 3. The van der Waals surface area contributed by atoms with Gasteiger partial charge in [0.1, 0.15) is 12.1 Å². The Morgan fingerprint density at radius 3 is 2.40 bits per heavy atom. The number of rotatable bonds is 6. The van der Waals surface area contributed by atoms with Crippen LogP contribution in [-0.4, -0.2) is 39.0 Å². The van der Waals surface area contributed by atoms with Crippen molar-refractivity contribution in [2.24, 2.45) is 5.84 Å². The highest BCUT2D eigenvalue weighted by atomic mass is 35.5. The predicted molar refractivity (Wildman–Crippen MR) is 108 cm³/mol. The van der Waals surface area contributed by atoms with Gasteiger partial charge in [-0.3, -0.25) is 19.7 Å². The number of hydrogen-bond acceptors (Lipinski definition) is 8. The molecule has 2 aromatic carbocycles. The normalized spacial score (nSPS) is 12.4. The molecular weight excluding hydrogens is 414 g/mol. The number of aliphatic hydroxyl groups is 1. The third kappa shape index (κ3) is 4.72. The fraction of sp³-hybridized carbons (Fsp3) is 0.211. The van der Waals surface area contributed by atoms with E-state index in [1.807, 2.05) is 6.07 Å². The molecule has 2 amide bonds. The van der Waals surface area contributed by atoms with Crippen LogP contribution in [0.15, 0.2) is 36.4 Å². The molecule has 0 aromatic heterocycles. The summed E-state index contributed by atoms with van der Waals surface area (Å²) in [5.41, 5.74) is 0.818. The highest BCUT2D eigenvalue weighted by Crippen LogP contribution is 2.28. The maximum absolute atomic E-state index is 12.8. The first-order valence-corrected chi connectivity index (χ1v) is 8.97. The van der Waals surface area contributed by atoms with Crippen LogP contribution >= 0.6 is 11.6 Å². The minimum absolute atomic E-state index is 0.0432. The Labute approximate surface area is 176 Å². The fourth-order valence-electron chi connectivity index (χ4n) is 2.60. The van der Waals surface area contributed by atoms with Crippen LogP contribution in [0.4, 0.5) is 11.4 Å². The Hall–Kier alpha value is -3.52. The van der Waals surface area contributed by atoms with Crippen molar-refractivity contribution < 1.29 is 19.6 Å². The summed E-state index contributed by atoms with van der Waals surface area (Å²) in [4.78, 5) is 35.4. The van der Waals surface area contributed by atoms with Gasteiger partial charge in [-0.05, 0) is 43.7 Å². The van der Waals surface area contributed by atoms with Crippen LogP contribution < -0.4 is 11.2 Å². The van der Waals surface area contributed by atoms with E-state index >= 15 is 0 Å². The van der Waals surface area contributed by atoms with Gasteiger partial charge in [-0.2, -0.15) is 5.26 Å².